The highest BCUT2D eigenvalue weighted by molar-refractivity contribution is 7.91. The molecule has 0 saturated carbocycles. The fourth-order valence-corrected chi connectivity index (χ4v) is 4.64. The van der Waals surface area contributed by atoms with Gasteiger partial charge in [0.05, 0.1) is 11.3 Å². The van der Waals surface area contributed by atoms with E-state index >= 15 is 0 Å². The van der Waals surface area contributed by atoms with Crippen LogP contribution in [0, 0.1) is 4.77 Å². The van der Waals surface area contributed by atoms with Crippen molar-refractivity contribution in [2.45, 2.75) is 30.5 Å². The summed E-state index contributed by atoms with van der Waals surface area (Å²) >= 11 is 5.25. The lowest BCUT2D eigenvalue weighted by atomic mass is 10.1. The van der Waals surface area contributed by atoms with Gasteiger partial charge in [0.15, 0.2) is 21.3 Å². The zero-order chi connectivity index (χ0) is 28.0. The van der Waals surface area contributed by atoms with Crippen LogP contribution in [0.4, 0.5) is 30.7 Å². The molecule has 0 saturated heterocycles. The number of rotatable bonds is 7. The number of benzene rings is 1. The van der Waals surface area contributed by atoms with Crippen LogP contribution in [0.5, 0.6) is 5.75 Å². The lowest BCUT2D eigenvalue weighted by Gasteiger charge is -2.17. The number of fused-ring (bicyclic) bond motifs is 1. The first-order chi connectivity index (χ1) is 17.6. The van der Waals surface area contributed by atoms with Crippen molar-refractivity contribution in [3.05, 3.63) is 65.2 Å². The quantitative estimate of drug-likeness (QED) is 0.198. The zero-order valence-corrected chi connectivity index (χ0v) is 20.6. The zero-order valence-electron chi connectivity index (χ0n) is 19.0. The molecule has 0 aliphatic rings. The predicted molar refractivity (Wildman–Crippen MR) is 123 cm³/mol. The van der Waals surface area contributed by atoms with Crippen molar-refractivity contribution in [3.63, 3.8) is 0 Å². The molecule has 0 spiro atoms. The monoisotopic (exact) mass is 580 g/mol. The number of ether oxygens (including phenoxy) is 1. The van der Waals surface area contributed by atoms with Crippen LogP contribution in [0.3, 0.4) is 0 Å². The van der Waals surface area contributed by atoms with Gasteiger partial charge in [-0.15, -0.1) is 5.10 Å². The number of halogens is 7. The Morgan fingerprint density at radius 2 is 1.68 bits per heavy atom. The number of nitrogens with zero attached hydrogens (tertiary/aromatic N) is 4. The van der Waals surface area contributed by atoms with E-state index in [9.17, 15) is 39.2 Å². The molecule has 3 aromatic heterocycles. The fourth-order valence-electron chi connectivity index (χ4n) is 3.34. The van der Waals surface area contributed by atoms with Gasteiger partial charge in [-0.1, -0.05) is 19.1 Å². The molecule has 0 amide bonds. The first kappa shape index (κ1) is 27.5. The first-order valence-electron chi connectivity index (χ1n) is 10.5. The molecule has 0 bridgehead atoms. The van der Waals surface area contributed by atoms with E-state index in [-0.39, 0.29) is 38.0 Å². The summed E-state index contributed by atoms with van der Waals surface area (Å²) in [6, 6.07) is 7.51. The molecular formula is C22H15F7N4O3S2. The third-order valence-corrected chi connectivity index (χ3v) is 7.39. The molecule has 202 valence electrons. The van der Waals surface area contributed by atoms with Gasteiger partial charge >= 0.3 is 18.7 Å². The van der Waals surface area contributed by atoms with Gasteiger partial charge in [-0.3, -0.25) is 4.40 Å². The largest absolute Gasteiger partial charge is 0.461 e. The van der Waals surface area contributed by atoms with Gasteiger partial charge in [0, 0.05) is 18.0 Å². The number of pyridine rings is 2. The molecule has 38 heavy (non-hydrogen) atoms. The Hall–Kier alpha value is -3.53. The number of hydrogen-bond donors (Lipinski definition) is 0. The predicted octanol–water partition coefficient (Wildman–Crippen LogP) is 5.97. The van der Waals surface area contributed by atoms with Gasteiger partial charge < -0.3 is 4.74 Å². The number of aromatic nitrogens is 4. The molecule has 0 aliphatic heterocycles. The molecule has 0 N–H and O–H groups in total. The number of sulfone groups is 1. The Kier molecular flexibility index (Phi) is 6.98. The second-order valence-corrected chi connectivity index (χ2v) is 10.4. The van der Waals surface area contributed by atoms with Crippen LogP contribution in [-0.4, -0.2) is 45.9 Å². The van der Waals surface area contributed by atoms with Gasteiger partial charge in [-0.05, 0) is 48.1 Å². The van der Waals surface area contributed by atoms with E-state index in [1.54, 1.807) is 0 Å². The van der Waals surface area contributed by atoms with Crippen molar-refractivity contribution >= 4 is 27.7 Å². The van der Waals surface area contributed by atoms with Gasteiger partial charge in [-0.2, -0.15) is 35.4 Å². The summed E-state index contributed by atoms with van der Waals surface area (Å²) in [5, 5.41) is 4.11. The number of hydrogen-bond acceptors (Lipinski definition) is 6. The minimum absolute atomic E-state index is 0.00455. The maximum Gasteiger partial charge on any atom is 0.461 e. The van der Waals surface area contributed by atoms with Crippen molar-refractivity contribution in [1.29, 1.82) is 0 Å². The van der Waals surface area contributed by atoms with Crippen molar-refractivity contribution < 1.29 is 43.9 Å². The van der Waals surface area contributed by atoms with E-state index < -0.39 is 39.9 Å². The van der Waals surface area contributed by atoms with Crippen LogP contribution in [0.15, 0.2) is 59.8 Å². The smallest absolute Gasteiger partial charge is 0.428 e. The molecule has 0 radical (unpaired) electrons. The molecule has 4 rings (SSSR count). The van der Waals surface area contributed by atoms with Gasteiger partial charge in [0.1, 0.15) is 10.6 Å². The summed E-state index contributed by atoms with van der Waals surface area (Å²) in [5.74, 6) is -1.20. The highest BCUT2D eigenvalue weighted by atomic mass is 32.2. The van der Waals surface area contributed by atoms with Crippen LogP contribution >= 0.6 is 12.2 Å². The summed E-state index contributed by atoms with van der Waals surface area (Å²) in [5.41, 5.74) is -0.519. The van der Waals surface area contributed by atoms with Crippen molar-refractivity contribution in [1.82, 2.24) is 19.2 Å². The third-order valence-electron chi connectivity index (χ3n) is 5.29. The lowest BCUT2D eigenvalue weighted by Crippen LogP contribution is -2.33. The lowest BCUT2D eigenvalue weighted by molar-refractivity contribution is -0.253. The molecular weight excluding hydrogens is 565 g/mol. The average molecular weight is 581 g/mol. The summed E-state index contributed by atoms with van der Waals surface area (Å²) in [6.45, 7) is 1.36. The molecule has 16 heteroatoms. The summed E-state index contributed by atoms with van der Waals surface area (Å²) in [7, 11) is -4.00. The van der Waals surface area contributed by atoms with E-state index in [4.69, 9.17) is 12.2 Å². The molecule has 0 fully saturated rings. The number of alkyl halides is 7. The van der Waals surface area contributed by atoms with Crippen molar-refractivity contribution in [2.24, 2.45) is 0 Å². The third kappa shape index (κ3) is 5.22. The minimum Gasteiger partial charge on any atom is -0.428 e. The normalized spacial score (nSPS) is 12.9. The summed E-state index contributed by atoms with van der Waals surface area (Å²) < 4.78 is 122. The maximum atomic E-state index is 13.2. The Morgan fingerprint density at radius 1 is 1.03 bits per heavy atom. The topological polar surface area (TPSA) is 78.5 Å². The molecule has 0 aliphatic carbocycles. The van der Waals surface area contributed by atoms with Crippen LogP contribution in [0.1, 0.15) is 12.5 Å². The molecule has 4 aromatic rings. The first-order valence-corrected chi connectivity index (χ1v) is 12.6. The standard InChI is InChI=1S/C22H15F7N4O3S2/c1-2-38(34,35)16-9-13(12-3-6-15(7-4-12)36-22(28,29)19(23)24)10-30-18(16)33-20(37)32-11-14(21(25,26)27)5-8-17(32)31-33/h3-11,19H,2H2,1H3. The molecule has 1 aromatic carbocycles. The van der Waals surface area contributed by atoms with Crippen molar-refractivity contribution in [2.75, 3.05) is 5.75 Å². The van der Waals surface area contributed by atoms with Gasteiger partial charge in [0.25, 0.3) is 0 Å². The van der Waals surface area contributed by atoms with Crippen LogP contribution < -0.4 is 4.74 Å². The minimum atomic E-state index is -4.71. The van der Waals surface area contributed by atoms with Crippen LogP contribution in [0.2, 0.25) is 0 Å². The second-order valence-electron chi connectivity index (χ2n) is 7.78. The van der Waals surface area contributed by atoms with Gasteiger partial charge in [-0.25, -0.2) is 13.4 Å². The van der Waals surface area contributed by atoms with E-state index in [1.807, 2.05) is 0 Å². The van der Waals surface area contributed by atoms with Crippen LogP contribution in [0.25, 0.3) is 22.6 Å². The second kappa shape index (κ2) is 9.65. The highest BCUT2D eigenvalue weighted by Crippen LogP contribution is 2.32. The summed E-state index contributed by atoms with van der Waals surface area (Å²) in [6.07, 6.45) is -11.5. The van der Waals surface area contributed by atoms with Crippen LogP contribution in [-0.2, 0) is 16.0 Å². The van der Waals surface area contributed by atoms with E-state index in [0.717, 1.165) is 39.5 Å². The van der Waals surface area contributed by atoms with E-state index in [2.05, 4.69) is 14.8 Å². The van der Waals surface area contributed by atoms with Gasteiger partial charge in [0.2, 0.25) is 4.77 Å². The Bertz CT molecular complexity index is 1670. The highest BCUT2D eigenvalue weighted by Gasteiger charge is 2.44. The maximum absolute atomic E-state index is 13.2. The molecule has 0 unspecified atom stereocenters. The Labute approximate surface area is 215 Å². The fraction of sp³-hybridized carbons (Fsp3) is 0.227. The molecule has 3 heterocycles. The average Bonchev–Trinajstić information content (AvgIpc) is 3.19. The molecule has 0 atom stereocenters. The SMILES string of the molecule is CCS(=O)(=O)c1cc(-c2ccc(OC(F)(F)C(F)F)cc2)cnc1-n1nc2ccc(C(F)(F)F)cn2c1=S. The summed E-state index contributed by atoms with van der Waals surface area (Å²) in [4.78, 5) is 3.79. The Balaban J connectivity index is 1.80. The van der Waals surface area contributed by atoms with Crippen molar-refractivity contribution in [3.8, 4) is 22.7 Å². The Morgan fingerprint density at radius 3 is 2.26 bits per heavy atom. The van der Waals surface area contributed by atoms with E-state index in [0.29, 0.717) is 0 Å². The molecule has 7 nitrogen and oxygen atoms in total. The van der Waals surface area contributed by atoms with E-state index in [1.165, 1.54) is 31.3 Å².